The van der Waals surface area contributed by atoms with E-state index >= 15 is 0 Å². The first kappa shape index (κ1) is 14.3. The second kappa shape index (κ2) is 4.80. The molecule has 0 radical (unpaired) electrons. The maximum absolute atomic E-state index is 12.2. The molecule has 20 heavy (non-hydrogen) atoms. The van der Waals surface area contributed by atoms with Gasteiger partial charge >= 0.3 is 10.8 Å². The second-order valence-electron chi connectivity index (χ2n) is 4.04. The summed E-state index contributed by atoms with van der Waals surface area (Å²) in [4.78, 5) is 26.8. The maximum atomic E-state index is 12.2. The Labute approximate surface area is 117 Å². The zero-order valence-electron chi connectivity index (χ0n) is 10.5. The number of nitrogens with one attached hydrogen (secondary N) is 3. The van der Waals surface area contributed by atoms with Gasteiger partial charge in [-0.15, -0.1) is 0 Å². The zero-order chi connectivity index (χ0) is 15.1. The van der Waals surface area contributed by atoms with Gasteiger partial charge in [-0.1, -0.05) is 11.3 Å². The van der Waals surface area contributed by atoms with Crippen LogP contribution >= 0.6 is 11.3 Å². The van der Waals surface area contributed by atoms with Crippen molar-refractivity contribution in [2.75, 3.05) is 4.72 Å². The van der Waals surface area contributed by atoms with Crippen LogP contribution in [0.4, 0.5) is 5.69 Å². The summed E-state index contributed by atoms with van der Waals surface area (Å²) >= 11 is 0.542. The molecule has 2 aromatic rings. The lowest BCUT2D eigenvalue weighted by Gasteiger charge is -2.06. The Balaban J connectivity index is 2.47. The summed E-state index contributed by atoms with van der Waals surface area (Å²) in [6, 6.07) is 0. The standard InChI is InChI=1S/C10H11N3O5S2/c1-4-7(8(14)15)6(3-11-4)13-20(17,18)9-5(2)12-10(16)19-9/h3,11,13H,1-2H3,(H,12,16)(H,14,15). The Bertz CT molecular complexity index is 827. The largest absolute Gasteiger partial charge is 0.478 e. The number of hydrogen-bond acceptors (Lipinski definition) is 5. The molecular weight excluding hydrogens is 306 g/mol. The molecule has 0 aliphatic rings. The summed E-state index contributed by atoms with van der Waals surface area (Å²) in [5.74, 6) is -1.25. The molecule has 0 aromatic carbocycles. The Morgan fingerprint density at radius 1 is 1.35 bits per heavy atom. The van der Waals surface area contributed by atoms with Crippen LogP contribution in [0.3, 0.4) is 0 Å². The van der Waals surface area contributed by atoms with Gasteiger partial charge < -0.3 is 15.1 Å². The van der Waals surface area contributed by atoms with Crippen LogP contribution in [0.25, 0.3) is 0 Å². The Hall–Kier alpha value is -2.07. The van der Waals surface area contributed by atoms with Gasteiger partial charge in [0.1, 0.15) is 5.56 Å². The van der Waals surface area contributed by atoms with E-state index in [9.17, 15) is 18.0 Å². The summed E-state index contributed by atoms with van der Waals surface area (Å²) in [6.45, 7) is 2.97. The third-order valence-electron chi connectivity index (χ3n) is 2.56. The van der Waals surface area contributed by atoms with Crippen LogP contribution in [-0.2, 0) is 10.0 Å². The quantitative estimate of drug-likeness (QED) is 0.664. The van der Waals surface area contributed by atoms with E-state index in [-0.39, 0.29) is 21.2 Å². The van der Waals surface area contributed by atoms with Crippen molar-refractivity contribution < 1.29 is 18.3 Å². The predicted molar refractivity (Wildman–Crippen MR) is 73.0 cm³/mol. The number of anilines is 1. The highest BCUT2D eigenvalue weighted by atomic mass is 32.2. The first-order valence-electron chi connectivity index (χ1n) is 5.36. The van der Waals surface area contributed by atoms with Gasteiger partial charge in [0, 0.05) is 17.6 Å². The number of rotatable bonds is 4. The van der Waals surface area contributed by atoms with E-state index < -0.39 is 20.9 Å². The maximum Gasteiger partial charge on any atom is 0.339 e. The van der Waals surface area contributed by atoms with Crippen LogP contribution < -0.4 is 9.60 Å². The van der Waals surface area contributed by atoms with E-state index in [1.807, 2.05) is 0 Å². The SMILES string of the molecule is Cc1[nH]c(=O)sc1S(=O)(=O)Nc1c[nH]c(C)c1C(=O)O. The van der Waals surface area contributed by atoms with Crippen LogP contribution in [0.15, 0.2) is 15.2 Å². The number of aromatic carboxylic acids is 1. The number of hydrogen-bond donors (Lipinski definition) is 4. The number of aryl methyl sites for hydroxylation is 2. The molecule has 0 amide bonds. The Kier molecular flexibility index (Phi) is 3.44. The van der Waals surface area contributed by atoms with Crippen molar-refractivity contribution in [1.82, 2.24) is 9.97 Å². The number of carboxylic acid groups (broad SMARTS) is 1. The van der Waals surface area contributed by atoms with E-state index in [1.54, 1.807) is 0 Å². The second-order valence-corrected chi connectivity index (χ2v) is 6.90. The lowest BCUT2D eigenvalue weighted by atomic mass is 10.2. The molecule has 2 rings (SSSR count). The zero-order valence-corrected chi connectivity index (χ0v) is 12.1. The minimum atomic E-state index is -4.01. The van der Waals surface area contributed by atoms with Crippen LogP contribution in [0, 0.1) is 13.8 Å². The van der Waals surface area contributed by atoms with Gasteiger partial charge in [-0.25, -0.2) is 13.2 Å². The summed E-state index contributed by atoms with van der Waals surface area (Å²) in [5.41, 5.74) is 0.301. The molecule has 0 spiro atoms. The molecular formula is C10H11N3O5S2. The fourth-order valence-corrected chi connectivity index (χ4v) is 4.09. The van der Waals surface area contributed by atoms with Gasteiger partial charge in [-0.3, -0.25) is 9.52 Å². The van der Waals surface area contributed by atoms with Crippen molar-refractivity contribution >= 4 is 33.0 Å². The van der Waals surface area contributed by atoms with Crippen molar-refractivity contribution in [2.45, 2.75) is 18.1 Å². The van der Waals surface area contributed by atoms with Gasteiger partial charge in [0.05, 0.1) is 5.69 Å². The van der Waals surface area contributed by atoms with Crippen molar-refractivity contribution in [2.24, 2.45) is 0 Å². The summed E-state index contributed by atoms with van der Waals surface area (Å²) in [7, 11) is -4.01. The molecule has 0 fully saturated rings. The molecule has 2 heterocycles. The number of thiazole rings is 1. The average molecular weight is 317 g/mol. The summed E-state index contributed by atoms with van der Waals surface area (Å²) in [5, 5.41) is 9.05. The van der Waals surface area contributed by atoms with Crippen molar-refractivity contribution in [1.29, 1.82) is 0 Å². The van der Waals surface area contributed by atoms with Crippen molar-refractivity contribution in [3.05, 3.63) is 32.8 Å². The van der Waals surface area contributed by atoms with E-state index in [1.165, 1.54) is 20.0 Å². The molecule has 0 bridgehead atoms. The fraction of sp³-hybridized carbons (Fsp3) is 0.200. The molecule has 10 heteroatoms. The molecule has 0 unspecified atom stereocenters. The first-order chi connectivity index (χ1) is 9.22. The highest BCUT2D eigenvalue weighted by Crippen LogP contribution is 2.24. The number of H-pyrrole nitrogens is 2. The van der Waals surface area contributed by atoms with Gasteiger partial charge in [0.15, 0.2) is 4.21 Å². The Morgan fingerprint density at radius 3 is 2.50 bits per heavy atom. The Morgan fingerprint density at radius 2 is 2.00 bits per heavy atom. The number of sulfonamides is 1. The molecule has 4 N–H and O–H groups in total. The lowest BCUT2D eigenvalue weighted by molar-refractivity contribution is 0.0697. The molecule has 0 aliphatic carbocycles. The molecule has 8 nitrogen and oxygen atoms in total. The summed E-state index contributed by atoms with van der Waals surface area (Å²) < 4.78 is 26.3. The lowest BCUT2D eigenvalue weighted by Crippen LogP contribution is -2.14. The monoisotopic (exact) mass is 317 g/mol. The fourth-order valence-electron chi connectivity index (χ4n) is 1.72. The highest BCUT2D eigenvalue weighted by Gasteiger charge is 2.24. The van der Waals surface area contributed by atoms with Crippen LogP contribution in [-0.4, -0.2) is 29.5 Å². The molecule has 108 valence electrons. The van der Waals surface area contributed by atoms with Crippen LogP contribution in [0.1, 0.15) is 21.7 Å². The third-order valence-corrected chi connectivity index (χ3v) is 5.53. The molecule has 2 aromatic heterocycles. The van der Waals surface area contributed by atoms with Crippen LogP contribution in [0.5, 0.6) is 0 Å². The van der Waals surface area contributed by atoms with Gasteiger partial charge in [0.2, 0.25) is 0 Å². The third kappa shape index (κ3) is 2.47. The normalized spacial score (nSPS) is 11.5. The highest BCUT2D eigenvalue weighted by molar-refractivity contribution is 7.94. The average Bonchev–Trinajstić information content (AvgIpc) is 2.82. The molecule has 0 saturated heterocycles. The van der Waals surface area contributed by atoms with E-state index in [0.29, 0.717) is 17.0 Å². The number of aromatic nitrogens is 2. The minimum absolute atomic E-state index is 0.0738. The van der Waals surface area contributed by atoms with Crippen molar-refractivity contribution in [3.63, 3.8) is 0 Å². The molecule has 0 aliphatic heterocycles. The molecule has 0 atom stereocenters. The van der Waals surface area contributed by atoms with Gasteiger partial charge in [0.25, 0.3) is 10.0 Å². The first-order valence-corrected chi connectivity index (χ1v) is 7.66. The van der Waals surface area contributed by atoms with E-state index in [0.717, 1.165) is 0 Å². The van der Waals surface area contributed by atoms with E-state index in [4.69, 9.17) is 5.11 Å². The summed E-state index contributed by atoms with van der Waals surface area (Å²) in [6.07, 6.45) is 1.25. The number of carboxylic acids is 1. The number of aromatic amines is 2. The predicted octanol–water partition coefficient (Wildman–Crippen LogP) is 0.880. The topological polar surface area (TPSA) is 132 Å². The van der Waals surface area contributed by atoms with Gasteiger partial charge in [-0.2, -0.15) is 0 Å². The van der Waals surface area contributed by atoms with Crippen molar-refractivity contribution in [3.8, 4) is 0 Å². The smallest absolute Gasteiger partial charge is 0.339 e. The number of carbonyl (C=O) groups is 1. The van der Waals surface area contributed by atoms with Gasteiger partial charge in [-0.05, 0) is 13.8 Å². The van der Waals surface area contributed by atoms with E-state index in [2.05, 4.69) is 14.7 Å². The molecule has 0 saturated carbocycles. The van der Waals surface area contributed by atoms with Crippen LogP contribution in [0.2, 0.25) is 0 Å². The minimum Gasteiger partial charge on any atom is -0.478 e.